The molecule has 2 heterocycles. The Labute approximate surface area is 237 Å². The summed E-state index contributed by atoms with van der Waals surface area (Å²) in [6.45, 7) is 3.49. The number of anilines is 1. The van der Waals surface area contributed by atoms with Gasteiger partial charge in [0.25, 0.3) is 0 Å². The molecule has 1 fully saturated rings. The molecular formula is C34H28N2O5. The average Bonchev–Trinajstić information content (AvgIpc) is 3.26. The zero-order valence-corrected chi connectivity index (χ0v) is 22.7. The minimum Gasteiger partial charge on any atom is -0.451 e. The fraction of sp³-hybridized carbons (Fsp3) is 0.206. The minimum absolute atomic E-state index is 0.166. The highest BCUT2D eigenvalue weighted by molar-refractivity contribution is 6.22. The van der Waals surface area contributed by atoms with Crippen LogP contribution >= 0.6 is 0 Å². The van der Waals surface area contributed by atoms with Crippen molar-refractivity contribution in [2.75, 3.05) is 4.90 Å². The monoisotopic (exact) mass is 544 g/mol. The van der Waals surface area contributed by atoms with Crippen molar-refractivity contribution in [2.45, 2.75) is 32.8 Å². The maximum atomic E-state index is 13.4. The molecule has 1 aromatic heterocycles. The lowest BCUT2D eigenvalue weighted by molar-refractivity contribution is -0.122. The van der Waals surface area contributed by atoms with Crippen LogP contribution < -0.4 is 4.90 Å². The van der Waals surface area contributed by atoms with E-state index in [0.717, 1.165) is 5.56 Å². The molecule has 0 unspecified atom stereocenters. The molecule has 3 aromatic carbocycles. The number of allylic oxidation sites excluding steroid dienone is 2. The number of amides is 2. The van der Waals surface area contributed by atoms with E-state index in [1.165, 1.54) is 4.90 Å². The first-order valence-corrected chi connectivity index (χ1v) is 13.7. The Balaban J connectivity index is 1.31. The number of hydrogen-bond donors (Lipinski definition) is 0. The second kappa shape index (κ2) is 10.6. The molecule has 6 rings (SSSR count). The Morgan fingerprint density at radius 1 is 0.878 bits per heavy atom. The van der Waals surface area contributed by atoms with Crippen LogP contribution in [0.2, 0.25) is 0 Å². The van der Waals surface area contributed by atoms with E-state index >= 15 is 0 Å². The maximum absolute atomic E-state index is 13.4. The van der Waals surface area contributed by atoms with Crippen LogP contribution in [0.15, 0.2) is 91.0 Å². The number of Topliss-reactive ketones (excluding diaryl/α,β-unsaturated/α-hetero) is 1. The van der Waals surface area contributed by atoms with Crippen LogP contribution in [-0.4, -0.2) is 34.7 Å². The Bertz CT molecular complexity index is 1700. The van der Waals surface area contributed by atoms with Crippen LogP contribution in [0.5, 0.6) is 0 Å². The van der Waals surface area contributed by atoms with Gasteiger partial charge in [-0.2, -0.15) is 0 Å². The summed E-state index contributed by atoms with van der Waals surface area (Å²) in [7, 11) is 0. The largest absolute Gasteiger partial charge is 0.451 e. The number of rotatable bonds is 6. The van der Waals surface area contributed by atoms with Gasteiger partial charge in [0.15, 0.2) is 6.10 Å². The third-order valence-electron chi connectivity index (χ3n) is 7.82. The van der Waals surface area contributed by atoms with Gasteiger partial charge in [0.05, 0.1) is 34.3 Å². The van der Waals surface area contributed by atoms with Gasteiger partial charge < -0.3 is 4.74 Å². The minimum atomic E-state index is -0.977. The molecule has 204 valence electrons. The molecular weight excluding hydrogens is 516 g/mol. The molecule has 0 N–H and O–H groups in total. The average molecular weight is 545 g/mol. The van der Waals surface area contributed by atoms with E-state index in [9.17, 15) is 19.2 Å². The third-order valence-corrected chi connectivity index (χ3v) is 7.82. The van der Waals surface area contributed by atoms with E-state index < -0.39 is 12.1 Å². The molecule has 7 nitrogen and oxygen atoms in total. The fourth-order valence-corrected chi connectivity index (χ4v) is 5.61. The second-order valence-electron chi connectivity index (χ2n) is 10.6. The van der Waals surface area contributed by atoms with Crippen molar-refractivity contribution in [3.8, 4) is 11.3 Å². The molecule has 0 bridgehead atoms. The SMILES string of the molecule is Cc1ccc2nc(-c3ccc(N4C(=O)[C@H]5CC=CC[C@H]5C4=O)cc3)cc(C(=O)O[C@@H](C)C(=O)c3ccccc3)c2c1. The summed E-state index contributed by atoms with van der Waals surface area (Å²) >= 11 is 0. The van der Waals surface area contributed by atoms with Gasteiger partial charge in [-0.25, -0.2) is 9.78 Å². The molecule has 7 heteroatoms. The predicted molar refractivity (Wildman–Crippen MR) is 155 cm³/mol. The fourth-order valence-electron chi connectivity index (χ4n) is 5.61. The van der Waals surface area contributed by atoms with E-state index in [1.54, 1.807) is 61.5 Å². The topological polar surface area (TPSA) is 93.6 Å². The number of carbonyl (C=O) groups excluding carboxylic acids is 4. The number of aromatic nitrogens is 1. The van der Waals surface area contributed by atoms with E-state index in [0.29, 0.717) is 51.8 Å². The standard InChI is InChI=1S/C34H28N2O5/c1-20-12-17-29-27(18-20)28(34(40)41-21(2)31(37)23-8-4-3-5-9-23)19-30(35-29)22-13-15-24(16-14-22)36-32(38)25-10-6-7-11-26(25)33(36)39/h3-9,12-19,21,25-26H,10-11H2,1-2H3/t21-,25-,26+/m0/s1. The molecule has 3 atom stereocenters. The number of ketones is 1. The molecule has 2 aliphatic rings. The Morgan fingerprint density at radius 3 is 2.20 bits per heavy atom. The summed E-state index contributed by atoms with van der Waals surface area (Å²) < 4.78 is 5.65. The molecule has 2 amide bonds. The van der Waals surface area contributed by atoms with Gasteiger partial charge >= 0.3 is 5.97 Å². The quantitative estimate of drug-likeness (QED) is 0.126. The highest BCUT2D eigenvalue weighted by Gasteiger charge is 2.47. The van der Waals surface area contributed by atoms with E-state index in [-0.39, 0.29) is 29.4 Å². The number of pyridine rings is 1. The lowest BCUT2D eigenvalue weighted by Gasteiger charge is -2.16. The molecule has 1 saturated heterocycles. The lowest BCUT2D eigenvalue weighted by atomic mass is 9.85. The van der Waals surface area contributed by atoms with E-state index in [2.05, 4.69) is 0 Å². The molecule has 0 saturated carbocycles. The predicted octanol–water partition coefficient (Wildman–Crippen LogP) is 6.09. The van der Waals surface area contributed by atoms with Gasteiger partial charge in [-0.1, -0.05) is 66.2 Å². The van der Waals surface area contributed by atoms with E-state index in [1.807, 2.05) is 43.3 Å². The van der Waals surface area contributed by atoms with Crippen molar-refractivity contribution < 1.29 is 23.9 Å². The van der Waals surface area contributed by atoms with Gasteiger partial charge in [-0.15, -0.1) is 0 Å². The summed E-state index contributed by atoms with van der Waals surface area (Å²) in [4.78, 5) is 58.4. The second-order valence-corrected chi connectivity index (χ2v) is 10.6. The normalized spacial score (nSPS) is 18.8. The molecule has 4 aromatic rings. The maximum Gasteiger partial charge on any atom is 0.339 e. The number of carbonyl (C=O) groups is 4. The van der Waals surface area contributed by atoms with Gasteiger partial charge in [0.1, 0.15) is 0 Å². The van der Waals surface area contributed by atoms with Crippen molar-refractivity contribution >= 4 is 40.2 Å². The summed E-state index contributed by atoms with van der Waals surface area (Å²) in [5, 5.41) is 0.624. The van der Waals surface area contributed by atoms with Crippen LogP contribution in [0.1, 0.15) is 46.0 Å². The van der Waals surface area contributed by atoms with E-state index in [4.69, 9.17) is 9.72 Å². The van der Waals surface area contributed by atoms with Gasteiger partial charge in [0, 0.05) is 16.5 Å². The van der Waals surface area contributed by atoms with Crippen molar-refractivity contribution in [3.05, 3.63) is 108 Å². The molecule has 1 aliphatic heterocycles. The number of imide groups is 1. The summed E-state index contributed by atoms with van der Waals surface area (Å²) in [5.74, 6) is -1.85. The van der Waals surface area contributed by atoms with Crippen molar-refractivity contribution in [1.82, 2.24) is 4.98 Å². The van der Waals surface area contributed by atoms with Crippen LogP contribution in [-0.2, 0) is 14.3 Å². The van der Waals surface area contributed by atoms with Crippen LogP contribution in [0.3, 0.4) is 0 Å². The van der Waals surface area contributed by atoms with Crippen molar-refractivity contribution in [1.29, 1.82) is 0 Å². The van der Waals surface area contributed by atoms with Gasteiger partial charge in [-0.3, -0.25) is 19.3 Å². The van der Waals surface area contributed by atoms with Crippen LogP contribution in [0, 0.1) is 18.8 Å². The zero-order chi connectivity index (χ0) is 28.7. The summed E-state index contributed by atoms with van der Waals surface area (Å²) in [5.41, 5.74) is 4.07. The summed E-state index contributed by atoms with van der Waals surface area (Å²) in [6.07, 6.45) is 4.12. The summed E-state index contributed by atoms with van der Waals surface area (Å²) in [6, 6.07) is 23.0. The lowest BCUT2D eigenvalue weighted by Crippen LogP contribution is -2.30. The molecule has 0 spiro atoms. The third kappa shape index (κ3) is 4.84. The first kappa shape index (κ1) is 26.3. The van der Waals surface area contributed by atoms with Gasteiger partial charge in [0.2, 0.25) is 17.6 Å². The number of ether oxygens (including phenoxy) is 1. The van der Waals surface area contributed by atoms with Crippen molar-refractivity contribution in [2.24, 2.45) is 11.8 Å². The Morgan fingerprint density at radius 2 is 1.54 bits per heavy atom. The molecule has 0 radical (unpaired) electrons. The first-order valence-electron chi connectivity index (χ1n) is 13.7. The Kier molecular flexibility index (Phi) is 6.79. The highest BCUT2D eigenvalue weighted by Crippen LogP contribution is 2.38. The van der Waals surface area contributed by atoms with Gasteiger partial charge in [-0.05, 0) is 57.0 Å². The number of esters is 1. The zero-order valence-electron chi connectivity index (χ0n) is 22.7. The molecule has 41 heavy (non-hydrogen) atoms. The highest BCUT2D eigenvalue weighted by atomic mass is 16.5. The van der Waals surface area contributed by atoms with Crippen LogP contribution in [0.4, 0.5) is 5.69 Å². The number of fused-ring (bicyclic) bond motifs is 2. The first-order chi connectivity index (χ1) is 19.8. The van der Waals surface area contributed by atoms with Crippen LogP contribution in [0.25, 0.3) is 22.2 Å². The number of nitrogens with zero attached hydrogens (tertiary/aromatic N) is 2. The number of benzene rings is 3. The number of hydrogen-bond acceptors (Lipinski definition) is 6. The smallest absolute Gasteiger partial charge is 0.339 e. The molecule has 1 aliphatic carbocycles. The number of aryl methyl sites for hydroxylation is 1. The van der Waals surface area contributed by atoms with Crippen molar-refractivity contribution in [3.63, 3.8) is 0 Å². The Hall–Kier alpha value is -4.91.